The highest BCUT2D eigenvalue weighted by molar-refractivity contribution is 5.68. The minimum atomic E-state index is 0.671. The number of rotatable bonds is 3. The molecule has 2 aromatic heterocycles. The number of hydrogen-bond donors (Lipinski definition) is 0. The highest BCUT2D eigenvalue weighted by atomic mass is 15.0. The zero-order chi connectivity index (χ0) is 16.2. The van der Waals surface area contributed by atoms with Crippen molar-refractivity contribution in [2.75, 3.05) is 0 Å². The Labute approximate surface area is 139 Å². The fourth-order valence-electron chi connectivity index (χ4n) is 2.52. The molecule has 4 nitrogen and oxygen atoms in total. The molecule has 2 heterocycles. The van der Waals surface area contributed by atoms with Crippen molar-refractivity contribution in [3.63, 3.8) is 0 Å². The molecule has 24 heavy (non-hydrogen) atoms. The van der Waals surface area contributed by atoms with Gasteiger partial charge in [0.05, 0.1) is 0 Å². The van der Waals surface area contributed by atoms with E-state index in [9.17, 15) is 0 Å². The molecule has 0 aliphatic carbocycles. The van der Waals surface area contributed by atoms with E-state index < -0.39 is 0 Å². The molecule has 4 heteroatoms. The molecule has 0 saturated carbocycles. The second-order valence-corrected chi connectivity index (χ2v) is 5.31. The minimum absolute atomic E-state index is 0.671. The van der Waals surface area contributed by atoms with Crippen LogP contribution in [0.4, 0.5) is 0 Å². The predicted octanol–water partition coefficient (Wildman–Crippen LogP) is 4.27. The first-order chi connectivity index (χ1) is 11.9. The average Bonchev–Trinajstić information content (AvgIpc) is 2.70. The van der Waals surface area contributed by atoms with Crippen LogP contribution in [0.5, 0.6) is 0 Å². The molecule has 4 aromatic rings. The van der Waals surface area contributed by atoms with E-state index in [1.165, 1.54) is 0 Å². The standard InChI is InChI=1S/C20H14N4/c1-2-4-17(5-3-1)19-22-14-23-20(24-19)18-8-6-15(7-9-18)16-10-12-21-13-11-16/h1-14H. The van der Waals surface area contributed by atoms with Gasteiger partial charge in [-0.3, -0.25) is 4.98 Å². The van der Waals surface area contributed by atoms with Crippen molar-refractivity contribution in [3.8, 4) is 33.9 Å². The number of aromatic nitrogens is 4. The third-order valence-corrected chi connectivity index (χ3v) is 3.76. The van der Waals surface area contributed by atoms with E-state index in [4.69, 9.17) is 0 Å². The molecular weight excluding hydrogens is 296 g/mol. The Balaban J connectivity index is 1.67. The second kappa shape index (κ2) is 6.38. The Morgan fingerprint density at radius 3 is 1.71 bits per heavy atom. The summed E-state index contributed by atoms with van der Waals surface area (Å²) < 4.78 is 0. The fourth-order valence-corrected chi connectivity index (χ4v) is 2.52. The van der Waals surface area contributed by atoms with Crippen molar-refractivity contribution in [1.82, 2.24) is 19.9 Å². The SMILES string of the molecule is c1ccc(-c2ncnc(-c3ccc(-c4ccncc4)cc3)n2)cc1. The van der Waals surface area contributed by atoms with E-state index in [1.807, 2.05) is 54.6 Å². The van der Waals surface area contributed by atoms with Gasteiger partial charge in [0.25, 0.3) is 0 Å². The summed E-state index contributed by atoms with van der Waals surface area (Å²) in [5.74, 6) is 1.35. The summed E-state index contributed by atoms with van der Waals surface area (Å²) in [6, 6.07) is 22.1. The maximum atomic E-state index is 4.58. The summed E-state index contributed by atoms with van der Waals surface area (Å²) in [5.41, 5.74) is 4.22. The first-order valence-electron chi connectivity index (χ1n) is 7.65. The lowest BCUT2D eigenvalue weighted by Gasteiger charge is -2.05. The second-order valence-electron chi connectivity index (χ2n) is 5.31. The first-order valence-corrected chi connectivity index (χ1v) is 7.65. The zero-order valence-corrected chi connectivity index (χ0v) is 12.9. The monoisotopic (exact) mass is 310 g/mol. The van der Waals surface area contributed by atoms with Gasteiger partial charge in [0.2, 0.25) is 0 Å². The molecule has 0 unspecified atom stereocenters. The average molecular weight is 310 g/mol. The van der Waals surface area contributed by atoms with Crippen LogP contribution >= 0.6 is 0 Å². The van der Waals surface area contributed by atoms with Crippen molar-refractivity contribution in [2.45, 2.75) is 0 Å². The van der Waals surface area contributed by atoms with Crippen molar-refractivity contribution < 1.29 is 0 Å². The van der Waals surface area contributed by atoms with Gasteiger partial charge in [-0.25, -0.2) is 15.0 Å². The molecule has 0 bridgehead atoms. The molecule has 0 spiro atoms. The lowest BCUT2D eigenvalue weighted by atomic mass is 10.0. The van der Waals surface area contributed by atoms with Crippen molar-refractivity contribution >= 4 is 0 Å². The normalized spacial score (nSPS) is 10.5. The molecule has 0 aliphatic heterocycles. The van der Waals surface area contributed by atoms with Crippen LogP contribution in [0.2, 0.25) is 0 Å². The van der Waals surface area contributed by atoms with E-state index in [1.54, 1.807) is 18.7 Å². The third kappa shape index (κ3) is 2.90. The first kappa shape index (κ1) is 14.2. The largest absolute Gasteiger partial charge is 0.265 e. The lowest BCUT2D eigenvalue weighted by Crippen LogP contribution is -1.95. The van der Waals surface area contributed by atoms with E-state index in [0.717, 1.165) is 22.3 Å². The van der Waals surface area contributed by atoms with Gasteiger partial charge in [0, 0.05) is 23.5 Å². The van der Waals surface area contributed by atoms with E-state index in [-0.39, 0.29) is 0 Å². The molecule has 0 saturated heterocycles. The summed E-state index contributed by atoms with van der Waals surface area (Å²) in [5, 5.41) is 0. The summed E-state index contributed by atoms with van der Waals surface area (Å²) >= 11 is 0. The van der Waals surface area contributed by atoms with Crippen LogP contribution < -0.4 is 0 Å². The zero-order valence-electron chi connectivity index (χ0n) is 12.9. The van der Waals surface area contributed by atoms with Crippen molar-refractivity contribution in [3.05, 3.63) is 85.5 Å². The Morgan fingerprint density at radius 2 is 1.04 bits per heavy atom. The molecule has 0 N–H and O–H groups in total. The van der Waals surface area contributed by atoms with Gasteiger partial charge in [-0.15, -0.1) is 0 Å². The maximum absolute atomic E-state index is 4.58. The van der Waals surface area contributed by atoms with Crippen molar-refractivity contribution in [2.24, 2.45) is 0 Å². The van der Waals surface area contributed by atoms with Gasteiger partial charge in [-0.05, 0) is 23.3 Å². The lowest BCUT2D eigenvalue weighted by molar-refractivity contribution is 1.07. The molecule has 0 amide bonds. The Morgan fingerprint density at radius 1 is 0.500 bits per heavy atom. The summed E-state index contributed by atoms with van der Waals surface area (Å²) in [6.07, 6.45) is 5.14. The number of pyridine rings is 1. The number of hydrogen-bond acceptors (Lipinski definition) is 4. The van der Waals surface area contributed by atoms with Crippen LogP contribution in [0.3, 0.4) is 0 Å². The molecule has 4 rings (SSSR count). The minimum Gasteiger partial charge on any atom is -0.265 e. The Kier molecular flexibility index (Phi) is 3.78. The quantitative estimate of drug-likeness (QED) is 0.567. The number of nitrogens with zero attached hydrogens (tertiary/aromatic N) is 4. The van der Waals surface area contributed by atoms with Crippen LogP contribution in [-0.2, 0) is 0 Å². The summed E-state index contributed by atoms with van der Waals surface area (Å²) in [4.78, 5) is 17.2. The van der Waals surface area contributed by atoms with E-state index in [0.29, 0.717) is 11.6 Å². The summed E-state index contributed by atoms with van der Waals surface area (Å²) in [7, 11) is 0. The topological polar surface area (TPSA) is 51.6 Å². The van der Waals surface area contributed by atoms with Crippen LogP contribution in [0.15, 0.2) is 85.5 Å². The van der Waals surface area contributed by atoms with Gasteiger partial charge in [0.1, 0.15) is 6.33 Å². The molecule has 2 aromatic carbocycles. The van der Waals surface area contributed by atoms with Crippen LogP contribution in [0.25, 0.3) is 33.9 Å². The predicted molar refractivity (Wildman–Crippen MR) is 93.9 cm³/mol. The fraction of sp³-hybridized carbons (Fsp3) is 0. The van der Waals surface area contributed by atoms with Crippen LogP contribution in [0, 0.1) is 0 Å². The maximum Gasteiger partial charge on any atom is 0.163 e. The van der Waals surface area contributed by atoms with E-state index >= 15 is 0 Å². The van der Waals surface area contributed by atoms with Crippen LogP contribution in [0.1, 0.15) is 0 Å². The van der Waals surface area contributed by atoms with Gasteiger partial charge in [-0.1, -0.05) is 54.6 Å². The smallest absolute Gasteiger partial charge is 0.163 e. The molecular formula is C20H14N4. The van der Waals surface area contributed by atoms with Crippen LogP contribution in [-0.4, -0.2) is 19.9 Å². The Bertz CT molecular complexity index is 936. The Hall–Kier alpha value is -3.40. The summed E-state index contributed by atoms with van der Waals surface area (Å²) in [6.45, 7) is 0. The molecule has 0 fully saturated rings. The molecule has 0 aliphatic rings. The third-order valence-electron chi connectivity index (χ3n) is 3.76. The molecule has 0 atom stereocenters. The highest BCUT2D eigenvalue weighted by Crippen LogP contribution is 2.23. The van der Waals surface area contributed by atoms with Gasteiger partial charge >= 0.3 is 0 Å². The number of benzene rings is 2. The van der Waals surface area contributed by atoms with Crippen molar-refractivity contribution in [1.29, 1.82) is 0 Å². The van der Waals surface area contributed by atoms with E-state index in [2.05, 4.69) is 32.1 Å². The van der Waals surface area contributed by atoms with Gasteiger partial charge in [0.15, 0.2) is 11.6 Å². The van der Waals surface area contributed by atoms with Gasteiger partial charge < -0.3 is 0 Å². The molecule has 0 radical (unpaired) electrons. The van der Waals surface area contributed by atoms with Gasteiger partial charge in [-0.2, -0.15) is 0 Å². The highest BCUT2D eigenvalue weighted by Gasteiger charge is 2.06. The molecule has 114 valence electrons.